The monoisotopic (exact) mass is 153 g/mol. The fourth-order valence-electron chi connectivity index (χ4n) is 0.203. The Labute approximate surface area is 53.2 Å². The van der Waals surface area contributed by atoms with Gasteiger partial charge in [0.2, 0.25) is 0 Å². The lowest BCUT2D eigenvalue weighted by molar-refractivity contribution is -0.0245. The van der Waals surface area contributed by atoms with Crippen LogP contribution in [0.3, 0.4) is 0 Å². The van der Waals surface area contributed by atoms with Gasteiger partial charge in [0.1, 0.15) is 0 Å². The third-order valence-corrected chi connectivity index (χ3v) is 1.44. The number of carbonyl (C=O) groups excluding carboxylic acids is 1. The molecule has 2 unspecified atom stereocenters. The second kappa shape index (κ2) is 4.20. The predicted molar refractivity (Wildman–Crippen MR) is 38.3 cm³/mol. The molecular formula is C3H9NO2P2. The first-order valence-electron chi connectivity index (χ1n) is 2.15. The van der Waals surface area contributed by atoms with Crippen molar-refractivity contribution in [1.29, 1.82) is 0 Å². The maximum Gasteiger partial charge on any atom is 0.263 e. The summed E-state index contributed by atoms with van der Waals surface area (Å²) in [5.74, 6) is 0. The van der Waals surface area contributed by atoms with Crippen LogP contribution in [-0.2, 0) is 4.84 Å². The number of hydrogen-bond acceptors (Lipinski definition) is 2. The third kappa shape index (κ3) is 3.31. The molecule has 2 atom stereocenters. The highest BCUT2D eigenvalue weighted by atomic mass is 31.0. The molecule has 0 aromatic carbocycles. The van der Waals surface area contributed by atoms with Gasteiger partial charge in [-0.2, -0.15) is 0 Å². The van der Waals surface area contributed by atoms with E-state index in [0.717, 1.165) is 4.83 Å². The van der Waals surface area contributed by atoms with Crippen molar-refractivity contribution in [3.8, 4) is 0 Å². The lowest BCUT2D eigenvalue weighted by atomic mass is 10.9. The van der Waals surface area contributed by atoms with Crippen LogP contribution in [0.25, 0.3) is 0 Å². The average Bonchev–Trinajstić information content (AvgIpc) is 1.67. The Hall–Kier alpha value is 0.290. The van der Waals surface area contributed by atoms with Crippen LogP contribution in [0.4, 0.5) is 4.79 Å². The van der Waals surface area contributed by atoms with E-state index in [9.17, 15) is 4.79 Å². The number of hydroxylamine groups is 1. The summed E-state index contributed by atoms with van der Waals surface area (Å²) >= 11 is 0. The van der Waals surface area contributed by atoms with Gasteiger partial charge in [-0.25, -0.2) is 4.83 Å². The molecule has 0 N–H and O–H groups in total. The molecule has 0 aliphatic rings. The zero-order valence-electron chi connectivity index (χ0n) is 4.63. The lowest BCUT2D eigenvalue weighted by Gasteiger charge is -2.10. The SMILES string of the molecule is CCON(P)C(=O)P. The Morgan fingerprint density at radius 2 is 2.38 bits per heavy atom. The van der Waals surface area contributed by atoms with Crippen LogP contribution in [0.15, 0.2) is 0 Å². The van der Waals surface area contributed by atoms with Gasteiger partial charge in [0.05, 0.1) is 6.61 Å². The molecule has 0 aromatic heterocycles. The molecule has 8 heavy (non-hydrogen) atoms. The molecule has 0 spiro atoms. The van der Waals surface area contributed by atoms with E-state index in [2.05, 4.69) is 9.39 Å². The minimum absolute atomic E-state index is 0.197. The molecule has 48 valence electrons. The van der Waals surface area contributed by atoms with Crippen molar-refractivity contribution in [2.75, 3.05) is 6.61 Å². The third-order valence-electron chi connectivity index (χ3n) is 0.485. The summed E-state index contributed by atoms with van der Waals surface area (Å²) < 4.78 is 0. The highest BCUT2D eigenvalue weighted by Crippen LogP contribution is 2.05. The summed E-state index contributed by atoms with van der Waals surface area (Å²) in [5.41, 5.74) is -0.197. The maximum atomic E-state index is 10.3. The quantitative estimate of drug-likeness (QED) is 0.438. The Kier molecular flexibility index (Phi) is 4.35. The van der Waals surface area contributed by atoms with Gasteiger partial charge in [0.25, 0.3) is 5.65 Å². The van der Waals surface area contributed by atoms with E-state index in [-0.39, 0.29) is 5.65 Å². The van der Waals surface area contributed by atoms with E-state index in [4.69, 9.17) is 4.84 Å². The molecule has 0 fully saturated rings. The van der Waals surface area contributed by atoms with Gasteiger partial charge in [-0.1, -0.05) is 0 Å². The standard InChI is InChI=1S/C3H9NO2P2/c1-2-6-4(8)3(5)7/h2,7-8H2,1H3. The maximum absolute atomic E-state index is 10.3. The van der Waals surface area contributed by atoms with E-state index < -0.39 is 0 Å². The second-order valence-electron chi connectivity index (χ2n) is 1.08. The van der Waals surface area contributed by atoms with Crippen molar-refractivity contribution in [2.45, 2.75) is 6.92 Å². The van der Waals surface area contributed by atoms with Crippen molar-refractivity contribution in [1.82, 2.24) is 4.83 Å². The Bertz CT molecular complexity index is 87.4. The van der Waals surface area contributed by atoms with Crippen molar-refractivity contribution < 1.29 is 9.63 Å². The molecule has 1 amide bonds. The average molecular weight is 153 g/mol. The van der Waals surface area contributed by atoms with Crippen LogP contribution in [0, 0.1) is 0 Å². The first kappa shape index (κ1) is 8.29. The second-order valence-corrected chi connectivity index (χ2v) is 2.04. The fraction of sp³-hybridized carbons (Fsp3) is 0.667. The van der Waals surface area contributed by atoms with Gasteiger partial charge in [0.15, 0.2) is 0 Å². The summed E-state index contributed by atoms with van der Waals surface area (Å²) in [6.07, 6.45) is 0. The van der Waals surface area contributed by atoms with Crippen molar-refractivity contribution in [3.63, 3.8) is 0 Å². The van der Waals surface area contributed by atoms with Crippen molar-refractivity contribution in [2.24, 2.45) is 0 Å². The van der Waals surface area contributed by atoms with Gasteiger partial charge in [-0.05, 0) is 25.6 Å². The minimum atomic E-state index is -0.197. The zero-order valence-corrected chi connectivity index (χ0v) is 6.93. The van der Waals surface area contributed by atoms with Crippen molar-refractivity contribution >= 4 is 24.3 Å². The van der Waals surface area contributed by atoms with Gasteiger partial charge < -0.3 is 0 Å². The van der Waals surface area contributed by atoms with E-state index in [1.165, 1.54) is 0 Å². The number of rotatable bonds is 2. The van der Waals surface area contributed by atoms with E-state index in [1.807, 2.05) is 16.2 Å². The van der Waals surface area contributed by atoms with Crippen LogP contribution >= 0.6 is 18.6 Å². The summed E-state index contributed by atoms with van der Waals surface area (Å²) in [4.78, 5) is 16.1. The van der Waals surface area contributed by atoms with Crippen LogP contribution in [0.2, 0.25) is 0 Å². The summed E-state index contributed by atoms with van der Waals surface area (Å²) in [6, 6.07) is 0. The van der Waals surface area contributed by atoms with Gasteiger partial charge in [-0.3, -0.25) is 9.63 Å². The molecule has 0 rings (SSSR count). The Morgan fingerprint density at radius 3 is 2.50 bits per heavy atom. The van der Waals surface area contributed by atoms with Crippen LogP contribution < -0.4 is 0 Å². The summed E-state index contributed by atoms with van der Waals surface area (Å²) in [6.45, 7) is 2.31. The highest BCUT2D eigenvalue weighted by Gasteiger charge is 1.97. The fourth-order valence-corrected chi connectivity index (χ4v) is 0.426. The first-order valence-corrected chi connectivity index (χ1v) is 3.25. The molecule has 0 aliphatic carbocycles. The van der Waals surface area contributed by atoms with Crippen molar-refractivity contribution in [3.05, 3.63) is 0 Å². The van der Waals surface area contributed by atoms with Crippen LogP contribution in [0.1, 0.15) is 6.92 Å². The van der Waals surface area contributed by atoms with Gasteiger partial charge >= 0.3 is 0 Å². The molecule has 5 heteroatoms. The number of hydrogen-bond donors (Lipinski definition) is 0. The lowest BCUT2D eigenvalue weighted by Crippen LogP contribution is -2.13. The highest BCUT2D eigenvalue weighted by molar-refractivity contribution is 7.41. The number of amides is 1. The first-order chi connectivity index (χ1) is 3.68. The molecule has 0 aliphatic heterocycles. The minimum Gasteiger partial charge on any atom is -0.268 e. The van der Waals surface area contributed by atoms with E-state index in [0.29, 0.717) is 6.61 Å². The molecule has 0 saturated heterocycles. The Balaban J connectivity index is 3.32. The normalized spacial score (nSPS) is 8.88. The molecule has 0 saturated carbocycles. The molecule has 3 nitrogen and oxygen atoms in total. The molecular weight excluding hydrogens is 144 g/mol. The van der Waals surface area contributed by atoms with Crippen LogP contribution in [0.5, 0.6) is 0 Å². The van der Waals surface area contributed by atoms with E-state index >= 15 is 0 Å². The molecule has 0 bridgehead atoms. The van der Waals surface area contributed by atoms with E-state index in [1.54, 1.807) is 0 Å². The topological polar surface area (TPSA) is 29.5 Å². The van der Waals surface area contributed by atoms with Gasteiger partial charge in [0, 0.05) is 0 Å². The molecule has 0 aromatic rings. The number of nitrogens with zero attached hydrogens (tertiary/aromatic N) is 1. The smallest absolute Gasteiger partial charge is 0.263 e. The zero-order chi connectivity index (χ0) is 6.57. The van der Waals surface area contributed by atoms with Crippen LogP contribution in [-0.4, -0.2) is 17.1 Å². The number of carbonyl (C=O) groups is 1. The Morgan fingerprint density at radius 1 is 1.88 bits per heavy atom. The summed E-state index contributed by atoms with van der Waals surface area (Å²) in [5, 5.41) is 0. The predicted octanol–water partition coefficient (Wildman–Crippen LogP) is 1.03. The molecule has 0 heterocycles. The largest absolute Gasteiger partial charge is 0.268 e. The van der Waals surface area contributed by atoms with Gasteiger partial charge in [-0.15, -0.1) is 0 Å². The summed E-state index contributed by atoms with van der Waals surface area (Å²) in [7, 11) is 4.12. The molecule has 0 radical (unpaired) electrons.